The number of anilines is 1. The Hall–Kier alpha value is -2.30. The van der Waals surface area contributed by atoms with Gasteiger partial charge in [0.2, 0.25) is 0 Å². The number of H-pyrrole nitrogens is 1. The van der Waals surface area contributed by atoms with E-state index in [2.05, 4.69) is 29.4 Å². The minimum atomic E-state index is -0.195. The molecular formula is C14H17N3O2. The van der Waals surface area contributed by atoms with Gasteiger partial charge in [-0.25, -0.2) is 0 Å². The second-order valence-corrected chi connectivity index (χ2v) is 4.66. The molecule has 0 aliphatic heterocycles. The van der Waals surface area contributed by atoms with Gasteiger partial charge in [0, 0.05) is 11.6 Å². The van der Waals surface area contributed by atoms with Gasteiger partial charge in [0.15, 0.2) is 0 Å². The van der Waals surface area contributed by atoms with Gasteiger partial charge < -0.3 is 10.1 Å². The van der Waals surface area contributed by atoms with Gasteiger partial charge in [-0.2, -0.15) is 5.10 Å². The Morgan fingerprint density at radius 1 is 1.42 bits per heavy atom. The lowest BCUT2D eigenvalue weighted by Crippen LogP contribution is -2.12. The fourth-order valence-electron chi connectivity index (χ4n) is 1.51. The molecule has 0 saturated carbocycles. The first-order valence-corrected chi connectivity index (χ1v) is 6.19. The van der Waals surface area contributed by atoms with E-state index in [1.165, 1.54) is 0 Å². The quantitative estimate of drug-likeness (QED) is 0.867. The highest BCUT2D eigenvalue weighted by Gasteiger charge is 2.08. The summed E-state index contributed by atoms with van der Waals surface area (Å²) >= 11 is 0. The summed E-state index contributed by atoms with van der Waals surface area (Å²) in [6.07, 6.45) is 1.58. The summed E-state index contributed by atoms with van der Waals surface area (Å²) in [5.74, 6) is 1.52. The molecule has 0 unspecified atom stereocenters. The molecule has 0 atom stereocenters. The Kier molecular flexibility index (Phi) is 4.18. The van der Waals surface area contributed by atoms with Crippen LogP contribution in [0, 0.1) is 5.92 Å². The lowest BCUT2D eigenvalue weighted by atomic mass is 10.2. The zero-order valence-electron chi connectivity index (χ0n) is 11.0. The molecule has 0 aliphatic rings. The first-order chi connectivity index (χ1) is 9.15. The molecule has 19 heavy (non-hydrogen) atoms. The first kappa shape index (κ1) is 13.1. The number of rotatable bonds is 5. The largest absolute Gasteiger partial charge is 0.493 e. The standard InChI is InChI=1S/C14H17N3O2/c1-10(2)9-19-12-5-3-4-11(8-12)14(18)16-13-6-7-15-17-13/h3-8,10H,9H2,1-2H3,(H2,15,16,17,18). The van der Waals surface area contributed by atoms with Crippen LogP contribution in [0.2, 0.25) is 0 Å². The predicted octanol–water partition coefficient (Wildman–Crippen LogP) is 2.70. The predicted molar refractivity (Wildman–Crippen MR) is 73.3 cm³/mol. The lowest BCUT2D eigenvalue weighted by molar-refractivity contribution is 0.102. The molecule has 5 nitrogen and oxygen atoms in total. The molecule has 1 aromatic heterocycles. The molecule has 2 aromatic rings. The number of nitrogens with one attached hydrogen (secondary N) is 2. The van der Waals surface area contributed by atoms with Gasteiger partial charge in [-0.1, -0.05) is 19.9 Å². The molecule has 2 N–H and O–H groups in total. The SMILES string of the molecule is CC(C)COc1cccc(C(=O)Nc2ccn[nH]2)c1. The summed E-state index contributed by atoms with van der Waals surface area (Å²) < 4.78 is 5.59. The number of hydrogen-bond acceptors (Lipinski definition) is 3. The maximum Gasteiger partial charge on any atom is 0.256 e. The molecule has 0 saturated heterocycles. The van der Waals surface area contributed by atoms with Crippen LogP contribution in [0.5, 0.6) is 5.75 Å². The normalized spacial score (nSPS) is 10.5. The maximum absolute atomic E-state index is 12.0. The zero-order chi connectivity index (χ0) is 13.7. The topological polar surface area (TPSA) is 67.0 Å². The molecule has 0 aliphatic carbocycles. The van der Waals surface area contributed by atoms with Gasteiger partial charge in [-0.3, -0.25) is 9.89 Å². The smallest absolute Gasteiger partial charge is 0.256 e. The van der Waals surface area contributed by atoms with E-state index in [0.717, 1.165) is 0 Å². The summed E-state index contributed by atoms with van der Waals surface area (Å²) in [7, 11) is 0. The second-order valence-electron chi connectivity index (χ2n) is 4.66. The Bertz CT molecular complexity index is 535. The van der Waals surface area contributed by atoms with Gasteiger partial charge in [-0.15, -0.1) is 0 Å². The summed E-state index contributed by atoms with van der Waals surface area (Å²) in [5.41, 5.74) is 0.552. The molecule has 100 valence electrons. The molecule has 0 fully saturated rings. The Morgan fingerprint density at radius 2 is 2.26 bits per heavy atom. The van der Waals surface area contributed by atoms with Gasteiger partial charge in [0.05, 0.1) is 12.8 Å². The summed E-state index contributed by atoms with van der Waals surface area (Å²) in [6, 6.07) is 8.81. The Balaban J connectivity index is 2.03. The minimum Gasteiger partial charge on any atom is -0.493 e. The maximum atomic E-state index is 12.0. The van der Waals surface area contributed by atoms with Crippen LogP contribution in [0.4, 0.5) is 5.82 Å². The van der Waals surface area contributed by atoms with Crippen molar-refractivity contribution in [2.24, 2.45) is 5.92 Å². The van der Waals surface area contributed by atoms with E-state index in [0.29, 0.717) is 29.7 Å². The van der Waals surface area contributed by atoms with Crippen LogP contribution in [0.15, 0.2) is 36.5 Å². The van der Waals surface area contributed by atoms with Gasteiger partial charge >= 0.3 is 0 Å². The number of hydrogen-bond donors (Lipinski definition) is 2. The van der Waals surface area contributed by atoms with Crippen LogP contribution in [-0.4, -0.2) is 22.7 Å². The molecule has 5 heteroatoms. The van der Waals surface area contributed by atoms with Crippen molar-refractivity contribution in [1.29, 1.82) is 0 Å². The first-order valence-electron chi connectivity index (χ1n) is 6.19. The van der Waals surface area contributed by atoms with Crippen molar-refractivity contribution in [3.8, 4) is 5.75 Å². The molecule has 1 amide bonds. The number of amides is 1. The fourth-order valence-corrected chi connectivity index (χ4v) is 1.51. The molecule has 0 radical (unpaired) electrons. The number of aromatic nitrogens is 2. The van der Waals surface area contributed by atoms with Crippen LogP contribution < -0.4 is 10.1 Å². The van der Waals surface area contributed by atoms with Crippen LogP contribution in [0.3, 0.4) is 0 Å². The Morgan fingerprint density at radius 3 is 2.95 bits per heavy atom. The molecule has 1 heterocycles. The lowest BCUT2D eigenvalue weighted by Gasteiger charge is -2.09. The van der Waals surface area contributed by atoms with E-state index >= 15 is 0 Å². The highest BCUT2D eigenvalue weighted by Crippen LogP contribution is 2.15. The highest BCUT2D eigenvalue weighted by molar-refractivity contribution is 6.03. The fraction of sp³-hybridized carbons (Fsp3) is 0.286. The summed E-state index contributed by atoms with van der Waals surface area (Å²) in [6.45, 7) is 4.79. The summed E-state index contributed by atoms with van der Waals surface area (Å²) in [5, 5.41) is 9.17. The number of carbonyl (C=O) groups is 1. The van der Waals surface area contributed by atoms with Crippen LogP contribution in [0.1, 0.15) is 24.2 Å². The van der Waals surface area contributed by atoms with E-state index in [9.17, 15) is 4.79 Å². The van der Waals surface area contributed by atoms with Crippen molar-refractivity contribution in [1.82, 2.24) is 10.2 Å². The number of benzene rings is 1. The van der Waals surface area contributed by atoms with Crippen LogP contribution >= 0.6 is 0 Å². The number of ether oxygens (including phenoxy) is 1. The van der Waals surface area contributed by atoms with E-state index in [1.54, 1.807) is 30.5 Å². The minimum absolute atomic E-state index is 0.195. The average molecular weight is 259 g/mol. The van der Waals surface area contributed by atoms with Gasteiger partial charge in [-0.05, 0) is 24.1 Å². The average Bonchev–Trinajstić information content (AvgIpc) is 2.89. The number of aromatic amines is 1. The van der Waals surface area contributed by atoms with Gasteiger partial charge in [0.1, 0.15) is 11.6 Å². The van der Waals surface area contributed by atoms with Crippen molar-refractivity contribution < 1.29 is 9.53 Å². The third kappa shape index (κ3) is 3.84. The van der Waals surface area contributed by atoms with E-state index in [4.69, 9.17) is 4.74 Å². The number of carbonyl (C=O) groups excluding carboxylic acids is 1. The highest BCUT2D eigenvalue weighted by atomic mass is 16.5. The molecule has 1 aromatic carbocycles. The molecule has 2 rings (SSSR count). The van der Waals surface area contributed by atoms with E-state index in [1.807, 2.05) is 6.07 Å². The molecular weight excluding hydrogens is 242 g/mol. The number of nitrogens with zero attached hydrogens (tertiary/aromatic N) is 1. The van der Waals surface area contributed by atoms with Crippen molar-refractivity contribution in [2.75, 3.05) is 11.9 Å². The monoisotopic (exact) mass is 259 g/mol. The van der Waals surface area contributed by atoms with Crippen molar-refractivity contribution in [3.63, 3.8) is 0 Å². The zero-order valence-corrected chi connectivity index (χ0v) is 11.0. The molecule has 0 spiro atoms. The summed E-state index contributed by atoms with van der Waals surface area (Å²) in [4.78, 5) is 12.0. The van der Waals surface area contributed by atoms with Crippen molar-refractivity contribution in [3.05, 3.63) is 42.1 Å². The Labute approximate surface area is 112 Å². The van der Waals surface area contributed by atoms with E-state index in [-0.39, 0.29) is 5.91 Å². The van der Waals surface area contributed by atoms with Gasteiger partial charge in [0.25, 0.3) is 5.91 Å². The van der Waals surface area contributed by atoms with Crippen molar-refractivity contribution >= 4 is 11.7 Å². The van der Waals surface area contributed by atoms with Crippen LogP contribution in [-0.2, 0) is 0 Å². The third-order valence-corrected chi connectivity index (χ3v) is 2.43. The second kappa shape index (κ2) is 6.04. The third-order valence-electron chi connectivity index (χ3n) is 2.43. The van der Waals surface area contributed by atoms with E-state index < -0.39 is 0 Å². The van der Waals surface area contributed by atoms with Crippen molar-refractivity contribution in [2.45, 2.75) is 13.8 Å². The van der Waals surface area contributed by atoms with Crippen LogP contribution in [0.25, 0.3) is 0 Å². The molecule has 0 bridgehead atoms.